The zero-order valence-electron chi connectivity index (χ0n) is 12.6. The van der Waals surface area contributed by atoms with Crippen LogP contribution in [0, 0.1) is 6.92 Å². The number of nitrogens with zero attached hydrogens (tertiary/aromatic N) is 1. The Kier molecular flexibility index (Phi) is 4.80. The third-order valence-electron chi connectivity index (χ3n) is 3.68. The van der Waals surface area contributed by atoms with Crippen LogP contribution in [0.2, 0.25) is 0 Å². The van der Waals surface area contributed by atoms with Gasteiger partial charge in [-0.2, -0.15) is 0 Å². The molecule has 2 aromatic rings. The quantitative estimate of drug-likeness (QED) is 0.831. The molecule has 2 N–H and O–H groups in total. The van der Waals surface area contributed by atoms with E-state index in [1.165, 1.54) is 11.1 Å². The average molecular weight is 268 g/mol. The van der Waals surface area contributed by atoms with Gasteiger partial charge < -0.3 is 5.73 Å². The molecule has 0 aliphatic rings. The molecule has 20 heavy (non-hydrogen) atoms. The van der Waals surface area contributed by atoms with Crippen LogP contribution in [-0.4, -0.2) is 10.9 Å². The van der Waals surface area contributed by atoms with Crippen LogP contribution >= 0.6 is 0 Å². The molecular weight excluding hydrogens is 244 g/mol. The Balaban J connectivity index is 2.11. The predicted octanol–water partition coefficient (Wildman–Crippen LogP) is 3.99. The highest BCUT2D eigenvalue weighted by Gasteiger charge is 2.11. The number of nitrogen functional groups attached to an aromatic ring is 1. The van der Waals surface area contributed by atoms with E-state index in [0.717, 1.165) is 24.3 Å². The summed E-state index contributed by atoms with van der Waals surface area (Å²) < 4.78 is 0. The topological polar surface area (TPSA) is 29.3 Å². The molecule has 0 saturated carbocycles. The van der Waals surface area contributed by atoms with Crippen molar-refractivity contribution in [1.82, 2.24) is 4.90 Å². The lowest BCUT2D eigenvalue weighted by atomic mass is 10.1. The summed E-state index contributed by atoms with van der Waals surface area (Å²) in [5, 5.41) is 0. The Morgan fingerprint density at radius 1 is 0.950 bits per heavy atom. The van der Waals surface area contributed by atoms with Gasteiger partial charge >= 0.3 is 0 Å². The van der Waals surface area contributed by atoms with Crippen molar-refractivity contribution in [3.05, 3.63) is 65.2 Å². The molecule has 0 amide bonds. The molecule has 0 radical (unpaired) electrons. The Morgan fingerprint density at radius 3 is 2.20 bits per heavy atom. The SMILES string of the molecule is Cc1cc(CN(Cc2ccccc2)C(C)C)ccc1N. The number of aryl methyl sites for hydroxylation is 1. The van der Waals surface area contributed by atoms with E-state index in [2.05, 4.69) is 68.1 Å². The van der Waals surface area contributed by atoms with Gasteiger partial charge in [0.25, 0.3) is 0 Å². The molecule has 0 spiro atoms. The van der Waals surface area contributed by atoms with Crippen molar-refractivity contribution in [2.24, 2.45) is 0 Å². The van der Waals surface area contributed by atoms with Gasteiger partial charge in [0.05, 0.1) is 0 Å². The fraction of sp³-hybridized carbons (Fsp3) is 0.333. The van der Waals surface area contributed by atoms with Crippen LogP contribution in [0.25, 0.3) is 0 Å². The summed E-state index contributed by atoms with van der Waals surface area (Å²) >= 11 is 0. The van der Waals surface area contributed by atoms with Gasteiger partial charge in [-0.15, -0.1) is 0 Å². The van der Waals surface area contributed by atoms with Crippen molar-refractivity contribution in [2.45, 2.75) is 39.9 Å². The molecule has 0 saturated heterocycles. The Bertz CT molecular complexity index is 547. The molecule has 0 fully saturated rings. The summed E-state index contributed by atoms with van der Waals surface area (Å²) in [6.45, 7) is 8.48. The van der Waals surface area contributed by atoms with E-state index in [-0.39, 0.29) is 0 Å². The number of benzene rings is 2. The van der Waals surface area contributed by atoms with E-state index in [0.29, 0.717) is 6.04 Å². The third kappa shape index (κ3) is 3.84. The highest BCUT2D eigenvalue weighted by Crippen LogP contribution is 2.17. The van der Waals surface area contributed by atoms with Gasteiger partial charge in [-0.05, 0) is 43.5 Å². The smallest absolute Gasteiger partial charge is 0.0343 e. The highest BCUT2D eigenvalue weighted by atomic mass is 15.1. The van der Waals surface area contributed by atoms with Crippen molar-refractivity contribution in [3.8, 4) is 0 Å². The first kappa shape index (κ1) is 14.6. The maximum absolute atomic E-state index is 5.89. The molecule has 106 valence electrons. The molecule has 0 unspecified atom stereocenters. The number of anilines is 1. The van der Waals surface area contributed by atoms with Crippen molar-refractivity contribution >= 4 is 5.69 Å². The summed E-state index contributed by atoms with van der Waals surface area (Å²) in [6, 6.07) is 17.5. The monoisotopic (exact) mass is 268 g/mol. The van der Waals surface area contributed by atoms with E-state index < -0.39 is 0 Å². The summed E-state index contributed by atoms with van der Waals surface area (Å²) in [4.78, 5) is 2.47. The Hall–Kier alpha value is -1.80. The number of hydrogen-bond donors (Lipinski definition) is 1. The highest BCUT2D eigenvalue weighted by molar-refractivity contribution is 5.47. The van der Waals surface area contributed by atoms with Gasteiger partial charge in [-0.1, -0.05) is 42.5 Å². The van der Waals surface area contributed by atoms with E-state index in [4.69, 9.17) is 5.73 Å². The van der Waals surface area contributed by atoms with Crippen molar-refractivity contribution in [1.29, 1.82) is 0 Å². The predicted molar refractivity (Wildman–Crippen MR) is 86.4 cm³/mol. The first-order valence-electron chi connectivity index (χ1n) is 7.19. The van der Waals surface area contributed by atoms with Crippen LogP contribution in [0.5, 0.6) is 0 Å². The number of hydrogen-bond acceptors (Lipinski definition) is 2. The van der Waals surface area contributed by atoms with E-state index in [1.54, 1.807) is 0 Å². The molecular formula is C18H24N2. The molecule has 2 nitrogen and oxygen atoms in total. The molecule has 0 atom stereocenters. The second-order valence-corrected chi connectivity index (χ2v) is 5.68. The molecule has 0 aromatic heterocycles. The van der Waals surface area contributed by atoms with Gasteiger partial charge in [-0.3, -0.25) is 4.90 Å². The number of nitrogens with two attached hydrogens (primary N) is 1. The standard InChI is InChI=1S/C18H24N2/c1-14(2)20(12-16-7-5-4-6-8-16)13-17-9-10-18(19)15(3)11-17/h4-11,14H,12-13,19H2,1-3H3. The maximum atomic E-state index is 5.89. The van der Waals surface area contributed by atoms with Gasteiger partial charge in [0.1, 0.15) is 0 Å². The van der Waals surface area contributed by atoms with E-state index in [1.807, 2.05) is 6.07 Å². The van der Waals surface area contributed by atoms with Gasteiger partial charge in [0.15, 0.2) is 0 Å². The van der Waals surface area contributed by atoms with Crippen LogP contribution in [0.3, 0.4) is 0 Å². The second kappa shape index (κ2) is 6.58. The third-order valence-corrected chi connectivity index (χ3v) is 3.68. The Morgan fingerprint density at radius 2 is 1.60 bits per heavy atom. The summed E-state index contributed by atoms with van der Waals surface area (Å²) in [5.41, 5.74) is 10.6. The molecule has 2 aromatic carbocycles. The van der Waals surface area contributed by atoms with Gasteiger partial charge in [0, 0.05) is 24.8 Å². The number of rotatable bonds is 5. The first-order chi connectivity index (χ1) is 9.56. The van der Waals surface area contributed by atoms with E-state index in [9.17, 15) is 0 Å². The minimum atomic E-state index is 0.507. The van der Waals surface area contributed by atoms with Crippen LogP contribution < -0.4 is 5.73 Å². The van der Waals surface area contributed by atoms with Crippen LogP contribution in [-0.2, 0) is 13.1 Å². The lowest BCUT2D eigenvalue weighted by Crippen LogP contribution is -2.29. The fourth-order valence-corrected chi connectivity index (χ4v) is 2.31. The van der Waals surface area contributed by atoms with Gasteiger partial charge in [0.2, 0.25) is 0 Å². The average Bonchev–Trinajstić information content (AvgIpc) is 2.43. The summed E-state index contributed by atoms with van der Waals surface area (Å²) in [7, 11) is 0. The molecule has 0 bridgehead atoms. The summed E-state index contributed by atoms with van der Waals surface area (Å²) in [5.74, 6) is 0. The minimum absolute atomic E-state index is 0.507. The largest absolute Gasteiger partial charge is 0.399 e. The fourth-order valence-electron chi connectivity index (χ4n) is 2.31. The van der Waals surface area contributed by atoms with Crippen molar-refractivity contribution < 1.29 is 0 Å². The van der Waals surface area contributed by atoms with Crippen LogP contribution in [0.4, 0.5) is 5.69 Å². The molecule has 0 aliphatic carbocycles. The zero-order chi connectivity index (χ0) is 14.5. The lowest BCUT2D eigenvalue weighted by molar-refractivity contribution is 0.203. The maximum Gasteiger partial charge on any atom is 0.0343 e. The minimum Gasteiger partial charge on any atom is -0.399 e. The van der Waals surface area contributed by atoms with E-state index >= 15 is 0 Å². The molecule has 0 aliphatic heterocycles. The normalized spacial score (nSPS) is 11.2. The van der Waals surface area contributed by atoms with Gasteiger partial charge in [-0.25, -0.2) is 0 Å². The zero-order valence-corrected chi connectivity index (χ0v) is 12.6. The van der Waals surface area contributed by atoms with Crippen molar-refractivity contribution in [2.75, 3.05) is 5.73 Å². The molecule has 2 rings (SSSR count). The van der Waals surface area contributed by atoms with Crippen LogP contribution in [0.1, 0.15) is 30.5 Å². The summed E-state index contributed by atoms with van der Waals surface area (Å²) in [6.07, 6.45) is 0. The Labute approximate surface area is 122 Å². The second-order valence-electron chi connectivity index (χ2n) is 5.68. The first-order valence-corrected chi connectivity index (χ1v) is 7.19. The molecule has 2 heteroatoms. The van der Waals surface area contributed by atoms with Crippen molar-refractivity contribution in [3.63, 3.8) is 0 Å². The lowest BCUT2D eigenvalue weighted by Gasteiger charge is -2.27. The van der Waals surface area contributed by atoms with Crippen LogP contribution in [0.15, 0.2) is 48.5 Å². The molecule has 0 heterocycles.